The third-order valence-corrected chi connectivity index (χ3v) is 3.29. The number of hydrogen-bond acceptors (Lipinski definition) is 3. The first-order valence-corrected chi connectivity index (χ1v) is 6.31. The van der Waals surface area contributed by atoms with Crippen LogP contribution < -0.4 is 10.6 Å². The van der Waals surface area contributed by atoms with Gasteiger partial charge in [-0.3, -0.25) is 0 Å². The SMILES string of the molecule is CNCc1ccccc1NC(=O)N(C)C(C)(C)C(=O)O. The van der Waals surface area contributed by atoms with E-state index in [1.807, 2.05) is 25.2 Å². The van der Waals surface area contributed by atoms with Gasteiger partial charge in [0.1, 0.15) is 5.54 Å². The zero-order valence-electron chi connectivity index (χ0n) is 12.2. The predicted octanol–water partition coefficient (Wildman–Crippen LogP) is 1.73. The van der Waals surface area contributed by atoms with E-state index >= 15 is 0 Å². The molecule has 0 unspecified atom stereocenters. The number of benzene rings is 1. The lowest BCUT2D eigenvalue weighted by molar-refractivity contribution is -0.146. The molecule has 1 aromatic carbocycles. The fraction of sp³-hybridized carbons (Fsp3) is 0.429. The molecular weight excluding hydrogens is 258 g/mol. The third-order valence-electron chi connectivity index (χ3n) is 3.29. The van der Waals surface area contributed by atoms with Crippen molar-refractivity contribution in [3.05, 3.63) is 29.8 Å². The van der Waals surface area contributed by atoms with Crippen LogP contribution >= 0.6 is 0 Å². The molecular formula is C14H21N3O3. The van der Waals surface area contributed by atoms with Crippen LogP contribution in [-0.4, -0.2) is 41.6 Å². The molecule has 0 fully saturated rings. The van der Waals surface area contributed by atoms with Crippen LogP contribution in [0.4, 0.5) is 10.5 Å². The second-order valence-electron chi connectivity index (χ2n) is 5.04. The van der Waals surface area contributed by atoms with Crippen LogP contribution in [0.3, 0.4) is 0 Å². The van der Waals surface area contributed by atoms with Gasteiger partial charge in [-0.25, -0.2) is 9.59 Å². The van der Waals surface area contributed by atoms with Crippen molar-refractivity contribution in [1.29, 1.82) is 0 Å². The lowest BCUT2D eigenvalue weighted by Gasteiger charge is -2.31. The number of nitrogens with zero attached hydrogens (tertiary/aromatic N) is 1. The average molecular weight is 279 g/mol. The van der Waals surface area contributed by atoms with E-state index in [9.17, 15) is 9.59 Å². The van der Waals surface area contributed by atoms with Crippen molar-refractivity contribution in [1.82, 2.24) is 10.2 Å². The van der Waals surface area contributed by atoms with Crippen LogP contribution in [-0.2, 0) is 11.3 Å². The van der Waals surface area contributed by atoms with E-state index in [0.29, 0.717) is 12.2 Å². The summed E-state index contributed by atoms with van der Waals surface area (Å²) in [5.41, 5.74) is 0.326. The van der Waals surface area contributed by atoms with Crippen molar-refractivity contribution in [3.8, 4) is 0 Å². The number of carbonyl (C=O) groups excluding carboxylic acids is 1. The van der Waals surface area contributed by atoms with Crippen LogP contribution in [0.15, 0.2) is 24.3 Å². The molecule has 1 rings (SSSR count). The highest BCUT2D eigenvalue weighted by Gasteiger charge is 2.35. The normalized spacial score (nSPS) is 11.0. The molecule has 6 nitrogen and oxygen atoms in total. The standard InChI is InChI=1S/C14H21N3O3/c1-14(2,12(18)19)17(4)13(20)16-11-8-6-5-7-10(11)9-15-3/h5-8,15H,9H2,1-4H3,(H,16,20)(H,18,19). The molecule has 0 saturated carbocycles. The molecule has 0 spiro atoms. The number of anilines is 1. The van der Waals surface area contributed by atoms with Crippen LogP contribution in [0.2, 0.25) is 0 Å². The number of likely N-dealkylation sites (N-methyl/N-ethyl adjacent to an activating group) is 1. The Labute approximate surface area is 118 Å². The second kappa shape index (κ2) is 6.38. The summed E-state index contributed by atoms with van der Waals surface area (Å²) >= 11 is 0. The first-order chi connectivity index (χ1) is 9.30. The van der Waals surface area contributed by atoms with Crippen molar-refractivity contribution < 1.29 is 14.7 Å². The van der Waals surface area contributed by atoms with Gasteiger partial charge in [0.2, 0.25) is 0 Å². The molecule has 3 N–H and O–H groups in total. The second-order valence-corrected chi connectivity index (χ2v) is 5.04. The van der Waals surface area contributed by atoms with Crippen molar-refractivity contribution in [2.45, 2.75) is 25.9 Å². The highest BCUT2D eigenvalue weighted by atomic mass is 16.4. The van der Waals surface area contributed by atoms with Gasteiger partial charge < -0.3 is 20.6 Å². The molecule has 0 radical (unpaired) electrons. The van der Waals surface area contributed by atoms with Gasteiger partial charge in [0.05, 0.1) is 0 Å². The Morgan fingerprint density at radius 1 is 1.30 bits per heavy atom. The summed E-state index contributed by atoms with van der Waals surface area (Å²) in [7, 11) is 3.28. The first kappa shape index (κ1) is 16.0. The number of hydrogen-bond donors (Lipinski definition) is 3. The number of carboxylic acid groups (broad SMARTS) is 1. The minimum absolute atomic E-state index is 0.457. The van der Waals surface area contributed by atoms with Gasteiger partial charge in [-0.15, -0.1) is 0 Å². The van der Waals surface area contributed by atoms with E-state index in [1.165, 1.54) is 25.8 Å². The Bertz CT molecular complexity index is 500. The lowest BCUT2D eigenvalue weighted by Crippen LogP contribution is -2.52. The largest absolute Gasteiger partial charge is 0.480 e. The van der Waals surface area contributed by atoms with Gasteiger partial charge in [0, 0.05) is 19.3 Å². The number of amides is 2. The van der Waals surface area contributed by atoms with E-state index in [-0.39, 0.29) is 0 Å². The zero-order valence-corrected chi connectivity index (χ0v) is 12.2. The smallest absolute Gasteiger partial charge is 0.329 e. The van der Waals surface area contributed by atoms with Crippen LogP contribution in [0.1, 0.15) is 19.4 Å². The highest BCUT2D eigenvalue weighted by molar-refractivity contribution is 5.94. The molecule has 0 aliphatic carbocycles. The molecule has 0 atom stereocenters. The first-order valence-electron chi connectivity index (χ1n) is 6.31. The summed E-state index contributed by atoms with van der Waals surface area (Å²) in [4.78, 5) is 24.5. The van der Waals surface area contributed by atoms with E-state index in [4.69, 9.17) is 5.11 Å². The number of urea groups is 1. The Hall–Kier alpha value is -2.08. The van der Waals surface area contributed by atoms with Gasteiger partial charge in [0.15, 0.2) is 0 Å². The Morgan fingerprint density at radius 2 is 1.90 bits per heavy atom. The number of para-hydroxylation sites is 1. The zero-order chi connectivity index (χ0) is 15.3. The number of rotatable bonds is 5. The van der Waals surface area contributed by atoms with Crippen LogP contribution in [0.5, 0.6) is 0 Å². The molecule has 110 valence electrons. The van der Waals surface area contributed by atoms with Crippen LogP contribution in [0.25, 0.3) is 0 Å². The van der Waals surface area contributed by atoms with E-state index in [1.54, 1.807) is 6.07 Å². The van der Waals surface area contributed by atoms with Crippen LogP contribution in [0, 0.1) is 0 Å². The van der Waals surface area contributed by atoms with Crippen molar-refractivity contribution in [3.63, 3.8) is 0 Å². The quantitative estimate of drug-likeness (QED) is 0.766. The molecule has 0 aliphatic heterocycles. The van der Waals surface area contributed by atoms with Gasteiger partial charge in [-0.2, -0.15) is 0 Å². The minimum Gasteiger partial charge on any atom is -0.480 e. The maximum Gasteiger partial charge on any atom is 0.329 e. The maximum absolute atomic E-state index is 12.2. The summed E-state index contributed by atoms with van der Waals surface area (Å²) in [6.45, 7) is 3.57. The molecule has 0 aliphatic rings. The summed E-state index contributed by atoms with van der Waals surface area (Å²) in [5, 5.41) is 14.9. The molecule has 0 saturated heterocycles. The number of nitrogens with one attached hydrogen (secondary N) is 2. The fourth-order valence-electron chi connectivity index (χ4n) is 1.58. The average Bonchev–Trinajstić information content (AvgIpc) is 2.40. The van der Waals surface area contributed by atoms with Crippen molar-refractivity contribution >= 4 is 17.7 Å². The molecule has 0 heterocycles. The summed E-state index contributed by atoms with van der Waals surface area (Å²) in [5.74, 6) is -1.06. The summed E-state index contributed by atoms with van der Waals surface area (Å²) < 4.78 is 0. The van der Waals surface area contributed by atoms with E-state index < -0.39 is 17.5 Å². The van der Waals surface area contributed by atoms with E-state index in [2.05, 4.69) is 10.6 Å². The molecule has 0 bridgehead atoms. The van der Waals surface area contributed by atoms with Gasteiger partial charge in [-0.05, 0) is 32.5 Å². The van der Waals surface area contributed by atoms with Crippen molar-refractivity contribution in [2.24, 2.45) is 0 Å². The molecule has 1 aromatic rings. The monoisotopic (exact) mass is 279 g/mol. The molecule has 20 heavy (non-hydrogen) atoms. The summed E-state index contributed by atoms with van der Waals surface area (Å²) in [6, 6.07) is 6.92. The number of aliphatic carboxylic acids is 1. The highest BCUT2D eigenvalue weighted by Crippen LogP contribution is 2.18. The molecule has 2 amide bonds. The Morgan fingerprint density at radius 3 is 2.45 bits per heavy atom. The molecule has 0 aromatic heterocycles. The topological polar surface area (TPSA) is 81.7 Å². The maximum atomic E-state index is 12.2. The van der Waals surface area contributed by atoms with Gasteiger partial charge in [0.25, 0.3) is 0 Å². The van der Waals surface area contributed by atoms with Gasteiger partial charge >= 0.3 is 12.0 Å². The number of carboxylic acids is 1. The third kappa shape index (κ3) is 3.48. The minimum atomic E-state index is -1.28. The Kier molecular flexibility index (Phi) is 5.10. The Balaban J connectivity index is 2.88. The van der Waals surface area contributed by atoms with Gasteiger partial charge in [-0.1, -0.05) is 18.2 Å². The van der Waals surface area contributed by atoms with Crippen molar-refractivity contribution in [2.75, 3.05) is 19.4 Å². The number of carbonyl (C=O) groups is 2. The van der Waals surface area contributed by atoms with E-state index in [0.717, 1.165) is 5.56 Å². The predicted molar refractivity (Wildman–Crippen MR) is 77.7 cm³/mol. The fourth-order valence-corrected chi connectivity index (χ4v) is 1.58. The lowest BCUT2D eigenvalue weighted by atomic mass is 10.0. The molecule has 6 heteroatoms. The summed E-state index contributed by atoms with van der Waals surface area (Å²) in [6.07, 6.45) is 0.